The number of anilines is 2. The first kappa shape index (κ1) is 14.0. The van der Waals surface area contributed by atoms with Gasteiger partial charge in [0.25, 0.3) is 0 Å². The van der Waals surface area contributed by atoms with E-state index in [0.717, 1.165) is 36.3 Å². The zero-order valence-electron chi connectivity index (χ0n) is 11.7. The maximum Gasteiger partial charge on any atom is 0.228 e. The van der Waals surface area contributed by atoms with Crippen LogP contribution < -0.4 is 10.6 Å². The summed E-state index contributed by atoms with van der Waals surface area (Å²) in [5.74, 6) is -0.0342. The van der Waals surface area contributed by atoms with Gasteiger partial charge in [-0.05, 0) is 48.2 Å². The molecule has 0 radical (unpaired) electrons. The smallest absolute Gasteiger partial charge is 0.228 e. The van der Waals surface area contributed by atoms with Gasteiger partial charge in [-0.15, -0.1) is 0 Å². The Balaban J connectivity index is 1.67. The number of hydrogen-bond donors (Lipinski definition) is 2. The van der Waals surface area contributed by atoms with Gasteiger partial charge in [0, 0.05) is 22.9 Å². The van der Waals surface area contributed by atoms with Gasteiger partial charge in [0.1, 0.15) is 0 Å². The third-order valence-electron chi connectivity index (χ3n) is 3.59. The summed E-state index contributed by atoms with van der Waals surface area (Å²) in [5.41, 5.74) is 4.18. The number of aryl methyl sites for hydroxylation is 1. The van der Waals surface area contributed by atoms with Crippen LogP contribution in [0.4, 0.5) is 11.4 Å². The fourth-order valence-corrected chi connectivity index (χ4v) is 2.79. The van der Waals surface area contributed by atoms with Crippen LogP contribution in [0.5, 0.6) is 0 Å². The summed E-state index contributed by atoms with van der Waals surface area (Å²) in [7, 11) is 0. The largest absolute Gasteiger partial charge is 0.385 e. The van der Waals surface area contributed by atoms with Crippen molar-refractivity contribution >= 4 is 28.9 Å². The first-order valence-electron chi connectivity index (χ1n) is 7.12. The molecule has 108 valence electrons. The van der Waals surface area contributed by atoms with E-state index < -0.39 is 0 Å². The number of amides is 1. The van der Waals surface area contributed by atoms with Crippen molar-refractivity contribution in [2.24, 2.45) is 0 Å². The molecule has 1 amide bonds. The van der Waals surface area contributed by atoms with E-state index >= 15 is 0 Å². The van der Waals surface area contributed by atoms with Gasteiger partial charge in [0.15, 0.2) is 0 Å². The van der Waals surface area contributed by atoms with Crippen molar-refractivity contribution in [3.63, 3.8) is 0 Å². The van der Waals surface area contributed by atoms with Crippen LogP contribution in [0.15, 0.2) is 42.5 Å². The molecular formula is C17H17ClN2O. The van der Waals surface area contributed by atoms with Crippen molar-refractivity contribution in [1.82, 2.24) is 0 Å². The van der Waals surface area contributed by atoms with Crippen LogP contribution in [0.25, 0.3) is 0 Å². The van der Waals surface area contributed by atoms with Crippen LogP contribution in [0.1, 0.15) is 17.5 Å². The van der Waals surface area contributed by atoms with Crippen LogP contribution in [0.2, 0.25) is 5.02 Å². The highest BCUT2D eigenvalue weighted by molar-refractivity contribution is 6.30. The van der Waals surface area contributed by atoms with E-state index in [1.807, 2.05) is 30.3 Å². The molecule has 0 unspecified atom stereocenters. The van der Waals surface area contributed by atoms with Crippen molar-refractivity contribution in [2.75, 3.05) is 17.2 Å². The summed E-state index contributed by atoms with van der Waals surface area (Å²) >= 11 is 5.93. The Morgan fingerprint density at radius 1 is 1.24 bits per heavy atom. The minimum atomic E-state index is -0.0342. The number of carbonyl (C=O) groups is 1. The van der Waals surface area contributed by atoms with Crippen molar-refractivity contribution in [3.05, 3.63) is 58.6 Å². The van der Waals surface area contributed by atoms with Crippen LogP contribution in [-0.4, -0.2) is 12.5 Å². The molecule has 2 aromatic rings. The predicted octanol–water partition coefficient (Wildman–Crippen LogP) is 3.88. The number of benzene rings is 2. The van der Waals surface area contributed by atoms with E-state index in [9.17, 15) is 4.79 Å². The van der Waals surface area contributed by atoms with E-state index in [-0.39, 0.29) is 5.91 Å². The molecule has 3 rings (SSSR count). The highest BCUT2D eigenvalue weighted by Gasteiger charge is 2.10. The molecule has 2 N–H and O–H groups in total. The maximum absolute atomic E-state index is 12.1. The molecule has 0 bridgehead atoms. The Kier molecular flexibility index (Phi) is 4.11. The summed E-state index contributed by atoms with van der Waals surface area (Å²) in [6.45, 7) is 0.993. The van der Waals surface area contributed by atoms with E-state index in [1.54, 1.807) is 6.07 Å². The first-order chi connectivity index (χ1) is 10.2. The van der Waals surface area contributed by atoms with E-state index in [2.05, 4.69) is 16.7 Å². The van der Waals surface area contributed by atoms with Gasteiger partial charge in [0.2, 0.25) is 5.91 Å². The second-order valence-corrected chi connectivity index (χ2v) is 5.69. The minimum Gasteiger partial charge on any atom is -0.385 e. The first-order valence-corrected chi connectivity index (χ1v) is 7.49. The van der Waals surface area contributed by atoms with Crippen LogP contribution >= 0.6 is 11.6 Å². The molecule has 0 fully saturated rings. The number of hydrogen-bond acceptors (Lipinski definition) is 2. The Bertz CT molecular complexity index is 670. The zero-order valence-corrected chi connectivity index (χ0v) is 12.4. The summed E-state index contributed by atoms with van der Waals surface area (Å²) in [6.07, 6.45) is 2.58. The molecule has 0 aromatic heterocycles. The van der Waals surface area contributed by atoms with Gasteiger partial charge in [-0.3, -0.25) is 4.79 Å². The van der Waals surface area contributed by atoms with E-state index in [1.165, 1.54) is 5.56 Å². The molecule has 0 atom stereocenters. The van der Waals surface area contributed by atoms with Gasteiger partial charge in [-0.2, -0.15) is 0 Å². The molecule has 0 saturated carbocycles. The lowest BCUT2D eigenvalue weighted by atomic mass is 10.0. The zero-order chi connectivity index (χ0) is 14.7. The van der Waals surface area contributed by atoms with Gasteiger partial charge >= 0.3 is 0 Å². The number of nitrogens with one attached hydrogen (secondary N) is 2. The Hall–Kier alpha value is -2.00. The van der Waals surface area contributed by atoms with Gasteiger partial charge in [0.05, 0.1) is 6.42 Å². The molecule has 1 aliphatic heterocycles. The minimum absolute atomic E-state index is 0.0342. The van der Waals surface area contributed by atoms with Crippen molar-refractivity contribution < 1.29 is 4.79 Å². The van der Waals surface area contributed by atoms with Crippen LogP contribution in [0.3, 0.4) is 0 Å². The van der Waals surface area contributed by atoms with Crippen LogP contribution in [0, 0.1) is 0 Å². The lowest BCUT2D eigenvalue weighted by Crippen LogP contribution is -2.16. The highest BCUT2D eigenvalue weighted by Crippen LogP contribution is 2.25. The van der Waals surface area contributed by atoms with Gasteiger partial charge in [-0.25, -0.2) is 0 Å². The third-order valence-corrected chi connectivity index (χ3v) is 3.82. The quantitative estimate of drug-likeness (QED) is 0.903. The number of fused-ring (bicyclic) bond motifs is 1. The lowest BCUT2D eigenvalue weighted by molar-refractivity contribution is -0.115. The molecule has 2 aromatic carbocycles. The second-order valence-electron chi connectivity index (χ2n) is 5.26. The average molecular weight is 301 g/mol. The van der Waals surface area contributed by atoms with E-state index in [4.69, 9.17) is 11.6 Å². The predicted molar refractivity (Wildman–Crippen MR) is 87.0 cm³/mol. The molecule has 21 heavy (non-hydrogen) atoms. The third kappa shape index (κ3) is 3.56. The summed E-state index contributed by atoms with van der Waals surface area (Å²) in [4.78, 5) is 12.1. The Morgan fingerprint density at radius 3 is 3.00 bits per heavy atom. The molecular weight excluding hydrogens is 284 g/mol. The standard InChI is InChI=1S/C17H17ClN2O/c18-14-5-1-3-12(9-14)10-17(21)20-15-7-6-13-4-2-8-19-16(13)11-15/h1,3,5-7,9,11,19H,2,4,8,10H2,(H,20,21). The number of halogens is 1. The SMILES string of the molecule is O=C(Cc1cccc(Cl)c1)Nc1ccc2c(c1)NCCC2. The van der Waals surface area contributed by atoms with Crippen molar-refractivity contribution in [3.8, 4) is 0 Å². The Labute approximate surface area is 129 Å². The molecule has 1 heterocycles. The number of carbonyl (C=O) groups excluding carboxylic acids is 1. The second kappa shape index (κ2) is 6.19. The molecule has 0 aliphatic carbocycles. The van der Waals surface area contributed by atoms with E-state index in [0.29, 0.717) is 11.4 Å². The van der Waals surface area contributed by atoms with Crippen molar-refractivity contribution in [2.45, 2.75) is 19.3 Å². The van der Waals surface area contributed by atoms with Gasteiger partial charge in [-0.1, -0.05) is 29.8 Å². The molecule has 0 saturated heterocycles. The van der Waals surface area contributed by atoms with Gasteiger partial charge < -0.3 is 10.6 Å². The lowest BCUT2D eigenvalue weighted by Gasteiger charge is -2.18. The molecule has 0 spiro atoms. The average Bonchev–Trinajstić information content (AvgIpc) is 2.47. The Morgan fingerprint density at radius 2 is 2.14 bits per heavy atom. The topological polar surface area (TPSA) is 41.1 Å². The fraction of sp³-hybridized carbons (Fsp3) is 0.235. The molecule has 4 heteroatoms. The summed E-state index contributed by atoms with van der Waals surface area (Å²) in [6, 6.07) is 13.4. The molecule has 1 aliphatic rings. The molecule has 3 nitrogen and oxygen atoms in total. The normalized spacial score (nSPS) is 13.2. The maximum atomic E-state index is 12.1. The summed E-state index contributed by atoms with van der Waals surface area (Å²) < 4.78 is 0. The monoisotopic (exact) mass is 300 g/mol. The fourth-order valence-electron chi connectivity index (χ4n) is 2.58. The van der Waals surface area contributed by atoms with Crippen LogP contribution in [-0.2, 0) is 17.6 Å². The number of rotatable bonds is 3. The summed E-state index contributed by atoms with van der Waals surface area (Å²) in [5, 5.41) is 6.95. The highest BCUT2D eigenvalue weighted by atomic mass is 35.5. The van der Waals surface area contributed by atoms with Crippen molar-refractivity contribution in [1.29, 1.82) is 0 Å².